The minimum absolute atomic E-state index is 0.0528. The SMILES string of the molecule is CCCCCCCCOc1ccc(CCC(CO)(COP(=O)(OCc2ccccc2)OCc2ccccc2)NC(=O)OC(C)(C)C)cc1C#N. The first kappa shape index (κ1) is 40.7. The predicted molar refractivity (Wildman–Crippen MR) is 194 cm³/mol. The summed E-state index contributed by atoms with van der Waals surface area (Å²) in [6.07, 6.45) is 6.51. The second-order valence-corrected chi connectivity index (χ2v) is 15.0. The van der Waals surface area contributed by atoms with E-state index in [-0.39, 0.29) is 19.6 Å². The Hall–Kier alpha value is -3.71. The minimum atomic E-state index is -4.24. The van der Waals surface area contributed by atoms with Gasteiger partial charge in [-0.15, -0.1) is 0 Å². The number of phosphoric acid groups is 1. The molecule has 0 bridgehead atoms. The highest BCUT2D eigenvalue weighted by Gasteiger charge is 2.38. The number of hydrogen-bond donors (Lipinski definition) is 2. The molecule has 272 valence electrons. The highest BCUT2D eigenvalue weighted by atomic mass is 31.2. The maximum atomic E-state index is 14.1. The van der Waals surface area contributed by atoms with E-state index < -0.39 is 38.3 Å². The van der Waals surface area contributed by atoms with Crippen LogP contribution in [0.3, 0.4) is 0 Å². The van der Waals surface area contributed by atoms with Gasteiger partial charge in [0, 0.05) is 0 Å². The fraction of sp³-hybridized carbons (Fsp3) is 0.487. The molecule has 1 atom stereocenters. The Kier molecular flexibility index (Phi) is 17.0. The molecule has 1 amide bonds. The van der Waals surface area contributed by atoms with Crippen molar-refractivity contribution in [2.75, 3.05) is 19.8 Å². The summed E-state index contributed by atoms with van der Waals surface area (Å²) in [6, 6.07) is 25.9. The zero-order valence-corrected chi connectivity index (χ0v) is 30.8. The molecule has 50 heavy (non-hydrogen) atoms. The first-order valence-corrected chi connectivity index (χ1v) is 18.8. The Morgan fingerprint density at radius 2 is 1.44 bits per heavy atom. The molecule has 0 heterocycles. The van der Waals surface area contributed by atoms with Gasteiger partial charge in [0.05, 0.1) is 44.1 Å². The summed E-state index contributed by atoms with van der Waals surface area (Å²) >= 11 is 0. The van der Waals surface area contributed by atoms with Gasteiger partial charge < -0.3 is 19.9 Å². The lowest BCUT2D eigenvalue weighted by atomic mass is 9.92. The predicted octanol–water partition coefficient (Wildman–Crippen LogP) is 9.04. The average Bonchev–Trinajstić information content (AvgIpc) is 3.11. The molecule has 2 N–H and O–H groups in total. The van der Waals surface area contributed by atoms with Gasteiger partial charge in [-0.05, 0) is 68.9 Å². The van der Waals surface area contributed by atoms with Crippen LogP contribution in [0.1, 0.15) is 94.9 Å². The molecule has 10 nitrogen and oxygen atoms in total. The van der Waals surface area contributed by atoms with Gasteiger partial charge in [0.25, 0.3) is 0 Å². The van der Waals surface area contributed by atoms with E-state index in [2.05, 4.69) is 18.3 Å². The lowest BCUT2D eigenvalue weighted by molar-refractivity contribution is 0.0208. The summed E-state index contributed by atoms with van der Waals surface area (Å²) in [6.45, 7) is 6.80. The molecule has 0 aliphatic rings. The van der Waals surface area contributed by atoms with Crippen LogP contribution in [0.25, 0.3) is 0 Å². The number of hydrogen-bond acceptors (Lipinski definition) is 9. The Morgan fingerprint density at radius 3 is 2.00 bits per heavy atom. The lowest BCUT2D eigenvalue weighted by Crippen LogP contribution is -2.56. The fourth-order valence-electron chi connectivity index (χ4n) is 5.02. The number of ether oxygens (including phenoxy) is 2. The Labute approximate surface area is 297 Å². The van der Waals surface area contributed by atoms with Crippen LogP contribution in [0, 0.1) is 11.3 Å². The van der Waals surface area contributed by atoms with Crippen LogP contribution >= 0.6 is 7.82 Å². The van der Waals surface area contributed by atoms with Gasteiger partial charge in [0.15, 0.2) is 0 Å². The van der Waals surface area contributed by atoms with Crippen molar-refractivity contribution in [3.05, 3.63) is 101 Å². The molecule has 0 spiro atoms. The van der Waals surface area contributed by atoms with E-state index >= 15 is 0 Å². The average molecular weight is 709 g/mol. The van der Waals surface area contributed by atoms with Crippen LogP contribution in [0.15, 0.2) is 78.9 Å². The number of nitriles is 1. The van der Waals surface area contributed by atoms with Crippen molar-refractivity contribution in [2.45, 2.75) is 103 Å². The number of aliphatic hydroxyl groups excluding tert-OH is 1. The third kappa shape index (κ3) is 15.0. The van der Waals surface area contributed by atoms with Gasteiger partial charge in [-0.3, -0.25) is 13.6 Å². The van der Waals surface area contributed by atoms with E-state index in [1.165, 1.54) is 25.7 Å². The smallest absolute Gasteiger partial charge is 0.475 e. The molecule has 3 rings (SSSR count). The van der Waals surface area contributed by atoms with Crippen LogP contribution in [0.4, 0.5) is 4.79 Å². The first-order chi connectivity index (χ1) is 24.0. The van der Waals surface area contributed by atoms with Crippen LogP contribution in [0.2, 0.25) is 0 Å². The van der Waals surface area contributed by atoms with Gasteiger partial charge in [0.1, 0.15) is 17.4 Å². The number of aryl methyl sites for hydroxylation is 1. The van der Waals surface area contributed by atoms with E-state index in [0.29, 0.717) is 24.3 Å². The van der Waals surface area contributed by atoms with Crippen LogP contribution in [0.5, 0.6) is 5.75 Å². The first-order valence-electron chi connectivity index (χ1n) is 17.4. The standard InChI is InChI=1S/C39H53N2O8P/c1-5-6-7-8-9-16-25-45-36-22-21-32(26-35(36)27-40)23-24-39(30-42,41-37(43)49-38(2,3)4)31-48-50(44,46-28-33-17-12-10-13-18-33)47-29-34-19-14-11-15-20-34/h10-15,17-22,26,42H,5-9,16,23-25,28-31H2,1-4H3,(H,41,43). The van der Waals surface area contributed by atoms with Crippen LogP contribution in [-0.2, 0) is 42.5 Å². The summed E-state index contributed by atoms with van der Waals surface area (Å²) in [4.78, 5) is 13.0. The number of unbranched alkanes of at least 4 members (excludes halogenated alkanes) is 5. The molecule has 0 saturated heterocycles. The highest BCUT2D eigenvalue weighted by Crippen LogP contribution is 2.51. The van der Waals surface area contributed by atoms with Crippen molar-refractivity contribution in [2.24, 2.45) is 0 Å². The largest absolute Gasteiger partial charge is 0.492 e. The molecule has 0 fully saturated rings. The van der Waals surface area contributed by atoms with Crippen LogP contribution < -0.4 is 10.1 Å². The molecule has 11 heteroatoms. The van der Waals surface area contributed by atoms with Crippen LogP contribution in [-0.4, -0.2) is 42.2 Å². The third-order valence-electron chi connectivity index (χ3n) is 7.84. The molecule has 0 aliphatic carbocycles. The van der Waals surface area contributed by atoms with Crippen molar-refractivity contribution in [1.29, 1.82) is 5.26 Å². The Morgan fingerprint density at radius 1 is 0.840 bits per heavy atom. The van der Waals surface area contributed by atoms with Crippen molar-refractivity contribution in [3.8, 4) is 11.8 Å². The second-order valence-electron chi connectivity index (χ2n) is 13.4. The molecule has 0 aliphatic heterocycles. The maximum absolute atomic E-state index is 14.1. The maximum Gasteiger partial charge on any atom is 0.475 e. The molecule has 0 saturated carbocycles. The Bertz CT molecular complexity index is 1480. The van der Waals surface area contributed by atoms with Crippen molar-refractivity contribution in [3.63, 3.8) is 0 Å². The number of phosphoric ester groups is 1. The van der Waals surface area contributed by atoms with E-state index in [1.807, 2.05) is 66.7 Å². The monoisotopic (exact) mass is 708 g/mol. The zero-order valence-electron chi connectivity index (χ0n) is 29.9. The number of benzene rings is 3. The molecular formula is C39H53N2O8P. The number of alkyl carbamates (subject to hydrolysis) is 1. The summed E-state index contributed by atoms with van der Waals surface area (Å²) in [5.41, 5.74) is 0.421. The van der Waals surface area contributed by atoms with Crippen molar-refractivity contribution < 1.29 is 37.5 Å². The molecule has 0 aromatic heterocycles. The van der Waals surface area contributed by atoms with E-state index in [0.717, 1.165) is 29.5 Å². The number of nitrogens with zero attached hydrogens (tertiary/aromatic N) is 1. The Balaban J connectivity index is 1.77. The third-order valence-corrected chi connectivity index (χ3v) is 9.18. The highest BCUT2D eigenvalue weighted by molar-refractivity contribution is 7.48. The summed E-state index contributed by atoms with van der Waals surface area (Å²) in [5, 5.41) is 23.4. The normalized spacial score (nSPS) is 12.9. The fourth-order valence-corrected chi connectivity index (χ4v) is 6.26. The molecule has 1 unspecified atom stereocenters. The molecule has 0 radical (unpaired) electrons. The molecule has 3 aromatic carbocycles. The van der Waals surface area contributed by atoms with Gasteiger partial charge in [0.2, 0.25) is 0 Å². The zero-order chi connectivity index (χ0) is 36.3. The lowest BCUT2D eigenvalue weighted by Gasteiger charge is -2.34. The minimum Gasteiger partial charge on any atom is -0.492 e. The number of amides is 1. The number of carbonyl (C=O) groups is 1. The topological polar surface area (TPSA) is 136 Å². The van der Waals surface area contributed by atoms with Gasteiger partial charge >= 0.3 is 13.9 Å². The quantitative estimate of drug-likeness (QED) is 0.0774. The summed E-state index contributed by atoms with van der Waals surface area (Å²) in [7, 11) is -4.24. The summed E-state index contributed by atoms with van der Waals surface area (Å²) < 4.78 is 42.9. The number of carbonyl (C=O) groups excluding carboxylic acids is 1. The van der Waals surface area contributed by atoms with E-state index in [1.54, 1.807) is 32.9 Å². The van der Waals surface area contributed by atoms with E-state index in [4.69, 9.17) is 23.0 Å². The number of aliphatic hydroxyl groups is 1. The van der Waals surface area contributed by atoms with Gasteiger partial charge in [-0.2, -0.15) is 5.26 Å². The van der Waals surface area contributed by atoms with Crippen molar-refractivity contribution in [1.82, 2.24) is 5.32 Å². The van der Waals surface area contributed by atoms with Gasteiger partial charge in [-0.1, -0.05) is 106 Å². The van der Waals surface area contributed by atoms with Gasteiger partial charge in [-0.25, -0.2) is 9.36 Å². The second kappa shape index (κ2) is 20.8. The van der Waals surface area contributed by atoms with E-state index in [9.17, 15) is 19.7 Å². The number of nitrogens with one attached hydrogen (secondary N) is 1. The summed E-state index contributed by atoms with van der Waals surface area (Å²) in [5.74, 6) is 0.514. The number of rotatable bonds is 22. The van der Waals surface area contributed by atoms with Crippen molar-refractivity contribution >= 4 is 13.9 Å². The molecule has 3 aromatic rings. The molecular weight excluding hydrogens is 655 g/mol.